The van der Waals surface area contributed by atoms with Gasteiger partial charge in [-0.1, -0.05) is 12.1 Å². The van der Waals surface area contributed by atoms with Crippen molar-refractivity contribution in [3.63, 3.8) is 0 Å². The van der Waals surface area contributed by atoms with Gasteiger partial charge in [0.1, 0.15) is 18.1 Å². The van der Waals surface area contributed by atoms with Crippen molar-refractivity contribution in [1.82, 2.24) is 20.2 Å². The monoisotopic (exact) mass is 453 g/mol. The molecule has 0 saturated carbocycles. The van der Waals surface area contributed by atoms with Crippen molar-refractivity contribution in [2.24, 2.45) is 0 Å². The van der Waals surface area contributed by atoms with Gasteiger partial charge < -0.3 is 14.9 Å². The molecule has 0 amide bonds. The van der Waals surface area contributed by atoms with Crippen LogP contribution in [0.5, 0.6) is 11.5 Å². The molecule has 10 heteroatoms. The Hall–Kier alpha value is -4.21. The summed E-state index contributed by atoms with van der Waals surface area (Å²) in [4.78, 5) is 8.57. The minimum absolute atomic E-state index is 0.0950. The molecule has 4 rings (SSSR count). The predicted molar refractivity (Wildman–Crippen MR) is 116 cm³/mol. The first kappa shape index (κ1) is 22.0. The standard InChI is InChI=1S/C23H18F3N5O2/c1-32-16-5-6-17-19(12-16)28-10-9-20(17)33-13-22-29-21(30-31-22)8-7-18(27)14-3-2-4-15(11-14)23(24,25)26/h2-12,27H,13H2,1H3,(H,29,30,31)/b8-7-,27-18?. The molecule has 0 aliphatic heterocycles. The highest BCUT2D eigenvalue weighted by molar-refractivity contribution is 6.08. The molecule has 0 aliphatic rings. The number of aromatic nitrogens is 4. The number of alkyl halides is 3. The first-order valence-electron chi connectivity index (χ1n) is 9.74. The molecule has 0 fully saturated rings. The molecule has 0 radical (unpaired) electrons. The van der Waals surface area contributed by atoms with Gasteiger partial charge in [0.2, 0.25) is 0 Å². The fraction of sp³-hybridized carbons (Fsp3) is 0.130. The van der Waals surface area contributed by atoms with Crippen LogP contribution < -0.4 is 9.47 Å². The third kappa shape index (κ3) is 5.17. The second-order valence-corrected chi connectivity index (χ2v) is 6.95. The van der Waals surface area contributed by atoms with Gasteiger partial charge in [0.15, 0.2) is 11.6 Å². The van der Waals surface area contributed by atoms with E-state index in [4.69, 9.17) is 14.9 Å². The van der Waals surface area contributed by atoms with Crippen LogP contribution in [0.1, 0.15) is 22.8 Å². The Morgan fingerprint density at radius 3 is 2.79 bits per heavy atom. The number of hydrogen-bond donors (Lipinski definition) is 2. The van der Waals surface area contributed by atoms with Gasteiger partial charge in [-0.05, 0) is 48.0 Å². The number of methoxy groups -OCH3 is 1. The van der Waals surface area contributed by atoms with Gasteiger partial charge in [-0.15, -0.1) is 0 Å². The van der Waals surface area contributed by atoms with E-state index in [1.54, 1.807) is 25.4 Å². The van der Waals surface area contributed by atoms with Gasteiger partial charge in [-0.3, -0.25) is 10.1 Å². The van der Waals surface area contributed by atoms with Gasteiger partial charge in [0.05, 0.1) is 23.9 Å². The minimum Gasteiger partial charge on any atom is -0.497 e. The Labute approximate surface area is 186 Å². The fourth-order valence-corrected chi connectivity index (χ4v) is 3.07. The van der Waals surface area contributed by atoms with Crippen LogP contribution in [0.15, 0.2) is 60.8 Å². The Morgan fingerprint density at radius 1 is 1.15 bits per heavy atom. The molecule has 0 saturated heterocycles. The number of ether oxygens (including phenoxy) is 2. The van der Waals surface area contributed by atoms with Gasteiger partial charge in [-0.25, -0.2) is 4.98 Å². The van der Waals surface area contributed by atoms with Crippen molar-refractivity contribution in [2.45, 2.75) is 12.8 Å². The zero-order chi connectivity index (χ0) is 23.4. The van der Waals surface area contributed by atoms with E-state index < -0.39 is 11.7 Å². The maximum atomic E-state index is 12.9. The molecule has 4 aromatic rings. The topological polar surface area (TPSA) is 96.8 Å². The second kappa shape index (κ2) is 9.11. The van der Waals surface area contributed by atoms with Gasteiger partial charge in [0, 0.05) is 17.6 Å². The van der Waals surface area contributed by atoms with Crippen molar-refractivity contribution in [1.29, 1.82) is 5.41 Å². The average molecular weight is 453 g/mol. The Morgan fingerprint density at radius 2 is 2.00 bits per heavy atom. The summed E-state index contributed by atoms with van der Waals surface area (Å²) in [7, 11) is 1.58. The lowest BCUT2D eigenvalue weighted by Crippen LogP contribution is -2.06. The third-order valence-corrected chi connectivity index (χ3v) is 4.72. The van der Waals surface area contributed by atoms with Crippen molar-refractivity contribution in [3.05, 3.63) is 83.6 Å². The third-order valence-electron chi connectivity index (χ3n) is 4.72. The number of pyridine rings is 1. The predicted octanol–water partition coefficient (Wildman–Crippen LogP) is 5.04. The quantitative estimate of drug-likeness (QED) is 0.382. The molecule has 0 bridgehead atoms. The summed E-state index contributed by atoms with van der Waals surface area (Å²) in [6.45, 7) is 0.108. The SMILES string of the molecule is COc1ccc2c(OCc3nc(/C=C\C(=N)c4cccc(C(F)(F)F)c4)n[nH]3)ccnc2c1. The maximum Gasteiger partial charge on any atom is 0.416 e. The number of halogens is 3. The Kier molecular flexibility index (Phi) is 6.07. The highest BCUT2D eigenvalue weighted by Gasteiger charge is 2.30. The van der Waals surface area contributed by atoms with Gasteiger partial charge in [-0.2, -0.15) is 18.3 Å². The zero-order valence-electron chi connectivity index (χ0n) is 17.3. The van der Waals surface area contributed by atoms with E-state index >= 15 is 0 Å². The van der Waals surface area contributed by atoms with Crippen LogP contribution in [-0.4, -0.2) is 33.0 Å². The molecule has 2 heterocycles. The molecule has 0 atom stereocenters. The summed E-state index contributed by atoms with van der Waals surface area (Å²) in [6, 6.07) is 11.8. The zero-order valence-corrected chi connectivity index (χ0v) is 17.3. The van der Waals surface area contributed by atoms with Crippen LogP contribution in [0, 0.1) is 5.41 Å². The molecule has 2 aromatic heterocycles. The molecular weight excluding hydrogens is 435 g/mol. The number of benzene rings is 2. The van der Waals surface area contributed by atoms with Crippen LogP contribution in [0.4, 0.5) is 13.2 Å². The van der Waals surface area contributed by atoms with E-state index in [1.807, 2.05) is 12.1 Å². The summed E-state index contributed by atoms with van der Waals surface area (Å²) in [6.07, 6.45) is -0.0559. The normalized spacial score (nSPS) is 11.8. The van der Waals surface area contributed by atoms with Crippen LogP contribution in [0.2, 0.25) is 0 Å². The van der Waals surface area contributed by atoms with Crippen LogP contribution in [0.3, 0.4) is 0 Å². The summed E-state index contributed by atoms with van der Waals surface area (Å²) in [5.74, 6) is 2.02. The molecule has 2 N–H and O–H groups in total. The molecule has 7 nitrogen and oxygen atoms in total. The smallest absolute Gasteiger partial charge is 0.416 e. The minimum atomic E-state index is -4.47. The molecule has 0 unspecified atom stereocenters. The van der Waals surface area contributed by atoms with E-state index in [2.05, 4.69) is 20.2 Å². The number of hydrogen-bond acceptors (Lipinski definition) is 6. The van der Waals surface area contributed by atoms with Crippen molar-refractivity contribution >= 4 is 22.7 Å². The number of aromatic amines is 1. The number of H-pyrrole nitrogens is 1. The highest BCUT2D eigenvalue weighted by atomic mass is 19.4. The second-order valence-electron chi connectivity index (χ2n) is 6.95. The first-order chi connectivity index (χ1) is 15.8. The summed E-state index contributed by atoms with van der Waals surface area (Å²) < 4.78 is 49.7. The highest BCUT2D eigenvalue weighted by Crippen LogP contribution is 2.30. The largest absolute Gasteiger partial charge is 0.497 e. The number of allylic oxidation sites excluding steroid dienone is 1. The molecule has 168 valence electrons. The van der Waals surface area contributed by atoms with Crippen molar-refractivity contribution in [2.75, 3.05) is 7.11 Å². The van der Waals surface area contributed by atoms with E-state index in [1.165, 1.54) is 24.3 Å². The van der Waals surface area contributed by atoms with Gasteiger partial charge >= 0.3 is 6.18 Å². The molecule has 2 aromatic carbocycles. The number of fused-ring (bicyclic) bond motifs is 1. The number of nitrogens with zero attached hydrogens (tertiary/aromatic N) is 3. The fourth-order valence-electron chi connectivity index (χ4n) is 3.07. The van der Waals surface area contributed by atoms with E-state index in [0.717, 1.165) is 23.0 Å². The summed E-state index contributed by atoms with van der Waals surface area (Å²) >= 11 is 0. The van der Waals surface area contributed by atoms with E-state index in [9.17, 15) is 13.2 Å². The van der Waals surface area contributed by atoms with E-state index in [0.29, 0.717) is 17.3 Å². The Balaban J connectivity index is 1.42. The van der Waals surface area contributed by atoms with Crippen LogP contribution >= 0.6 is 0 Å². The van der Waals surface area contributed by atoms with Crippen molar-refractivity contribution < 1.29 is 22.6 Å². The summed E-state index contributed by atoms with van der Waals surface area (Å²) in [5.41, 5.74) is -0.0394. The van der Waals surface area contributed by atoms with Gasteiger partial charge in [0.25, 0.3) is 0 Å². The van der Waals surface area contributed by atoms with Crippen LogP contribution in [0.25, 0.3) is 17.0 Å². The summed E-state index contributed by atoms with van der Waals surface area (Å²) in [5, 5.41) is 15.6. The van der Waals surface area contributed by atoms with Crippen LogP contribution in [-0.2, 0) is 12.8 Å². The molecule has 0 spiro atoms. The lowest BCUT2D eigenvalue weighted by molar-refractivity contribution is -0.137. The molecular formula is C23H18F3N5O2. The van der Waals surface area contributed by atoms with E-state index in [-0.39, 0.29) is 23.7 Å². The average Bonchev–Trinajstić information content (AvgIpc) is 3.28. The number of nitrogens with one attached hydrogen (secondary N) is 2. The Bertz CT molecular complexity index is 1330. The van der Waals surface area contributed by atoms with Crippen molar-refractivity contribution in [3.8, 4) is 11.5 Å². The lowest BCUT2D eigenvalue weighted by atomic mass is 10.1. The lowest BCUT2D eigenvalue weighted by Gasteiger charge is -2.08. The molecule has 33 heavy (non-hydrogen) atoms. The number of rotatable bonds is 7. The first-order valence-corrected chi connectivity index (χ1v) is 9.74. The molecule has 0 aliphatic carbocycles. The maximum absolute atomic E-state index is 12.9.